The fourth-order valence-corrected chi connectivity index (χ4v) is 3.40. The molecule has 25 heavy (non-hydrogen) atoms. The van der Waals surface area contributed by atoms with E-state index in [1.165, 1.54) is 12.1 Å². The summed E-state index contributed by atoms with van der Waals surface area (Å²) in [6.07, 6.45) is 1.87. The third-order valence-corrected chi connectivity index (χ3v) is 5.36. The van der Waals surface area contributed by atoms with Gasteiger partial charge in [-0.25, -0.2) is 8.42 Å². The molecule has 0 saturated heterocycles. The number of sulfonamides is 1. The van der Waals surface area contributed by atoms with Crippen LogP contribution >= 0.6 is 0 Å². The van der Waals surface area contributed by atoms with Crippen LogP contribution in [-0.2, 0) is 10.0 Å². The number of hydrogen-bond acceptors (Lipinski definition) is 3. The second-order valence-electron chi connectivity index (χ2n) is 6.04. The van der Waals surface area contributed by atoms with E-state index in [2.05, 4.69) is 10.0 Å². The molecule has 0 atom stereocenters. The summed E-state index contributed by atoms with van der Waals surface area (Å²) < 4.78 is 27.7. The van der Waals surface area contributed by atoms with Gasteiger partial charge in [-0.2, -0.15) is 0 Å². The Morgan fingerprint density at radius 3 is 2.48 bits per heavy atom. The van der Waals surface area contributed by atoms with Crippen LogP contribution in [0.2, 0.25) is 0 Å². The Bertz CT molecular complexity index is 861. The number of carbonyl (C=O) groups is 1. The fraction of sp³-hybridized carbons (Fsp3) is 0.316. The van der Waals surface area contributed by atoms with E-state index < -0.39 is 10.0 Å². The maximum Gasteiger partial charge on any atom is 0.261 e. The summed E-state index contributed by atoms with van der Waals surface area (Å²) >= 11 is 0. The van der Waals surface area contributed by atoms with Crippen LogP contribution in [-0.4, -0.2) is 20.9 Å². The van der Waals surface area contributed by atoms with E-state index in [0.717, 1.165) is 24.0 Å². The summed E-state index contributed by atoms with van der Waals surface area (Å²) in [6, 6.07) is 11.4. The highest BCUT2D eigenvalue weighted by atomic mass is 32.2. The number of aryl methyl sites for hydroxylation is 2. The first kappa shape index (κ1) is 19.0. The van der Waals surface area contributed by atoms with Gasteiger partial charge in [-0.05, 0) is 61.7 Å². The zero-order chi connectivity index (χ0) is 18.4. The van der Waals surface area contributed by atoms with Crippen molar-refractivity contribution in [3.05, 3.63) is 59.2 Å². The minimum atomic E-state index is -3.75. The van der Waals surface area contributed by atoms with Crippen LogP contribution in [0.3, 0.4) is 0 Å². The minimum Gasteiger partial charge on any atom is -0.352 e. The lowest BCUT2D eigenvalue weighted by molar-refractivity contribution is 0.0953. The molecule has 2 aromatic rings. The number of unbranched alkanes of at least 4 members (excludes halogenated alkanes) is 1. The molecule has 0 unspecified atom stereocenters. The molecule has 0 fully saturated rings. The molecule has 1 amide bonds. The third kappa shape index (κ3) is 5.06. The van der Waals surface area contributed by atoms with Crippen LogP contribution < -0.4 is 10.0 Å². The highest BCUT2D eigenvalue weighted by Gasteiger charge is 2.16. The lowest BCUT2D eigenvalue weighted by Crippen LogP contribution is -2.24. The van der Waals surface area contributed by atoms with Crippen LogP contribution in [0.15, 0.2) is 47.4 Å². The van der Waals surface area contributed by atoms with Gasteiger partial charge in [0.2, 0.25) is 0 Å². The molecule has 0 spiro atoms. The van der Waals surface area contributed by atoms with Gasteiger partial charge in [0.05, 0.1) is 4.90 Å². The van der Waals surface area contributed by atoms with Gasteiger partial charge >= 0.3 is 0 Å². The molecule has 5 nitrogen and oxygen atoms in total. The molecule has 2 rings (SSSR count). The van der Waals surface area contributed by atoms with Gasteiger partial charge in [0.15, 0.2) is 0 Å². The molecule has 2 N–H and O–H groups in total. The Labute approximate surface area is 149 Å². The third-order valence-electron chi connectivity index (χ3n) is 3.98. The zero-order valence-corrected chi connectivity index (χ0v) is 15.6. The van der Waals surface area contributed by atoms with E-state index in [4.69, 9.17) is 0 Å². The average molecular weight is 360 g/mol. The first-order valence-corrected chi connectivity index (χ1v) is 9.80. The molecule has 0 bridgehead atoms. The molecule has 0 aliphatic carbocycles. The van der Waals surface area contributed by atoms with Crippen molar-refractivity contribution in [1.29, 1.82) is 0 Å². The molecule has 0 saturated carbocycles. The van der Waals surface area contributed by atoms with Crippen LogP contribution in [0.1, 0.15) is 41.3 Å². The van der Waals surface area contributed by atoms with Gasteiger partial charge in [-0.1, -0.05) is 25.5 Å². The summed E-state index contributed by atoms with van der Waals surface area (Å²) in [4.78, 5) is 12.2. The van der Waals surface area contributed by atoms with Gasteiger partial charge in [-0.15, -0.1) is 0 Å². The summed E-state index contributed by atoms with van der Waals surface area (Å²) in [6.45, 7) is 6.51. The number of amides is 1. The van der Waals surface area contributed by atoms with E-state index in [1.54, 1.807) is 24.3 Å². The molecule has 2 aromatic carbocycles. The summed E-state index contributed by atoms with van der Waals surface area (Å²) in [7, 11) is -3.75. The molecular formula is C19H24N2O3S. The van der Waals surface area contributed by atoms with E-state index in [9.17, 15) is 13.2 Å². The predicted octanol–water partition coefficient (Wildman–Crippen LogP) is 3.63. The van der Waals surface area contributed by atoms with Gasteiger partial charge in [-0.3, -0.25) is 9.52 Å². The maximum atomic E-state index is 12.6. The molecule has 134 valence electrons. The van der Waals surface area contributed by atoms with Crippen LogP contribution in [0.25, 0.3) is 0 Å². The summed E-state index contributed by atoms with van der Waals surface area (Å²) in [5.41, 5.74) is 2.93. The number of anilines is 1. The highest BCUT2D eigenvalue weighted by Crippen LogP contribution is 2.19. The fourth-order valence-electron chi connectivity index (χ4n) is 2.30. The van der Waals surface area contributed by atoms with Crippen LogP contribution in [0.4, 0.5) is 5.69 Å². The van der Waals surface area contributed by atoms with Crippen molar-refractivity contribution in [2.75, 3.05) is 11.3 Å². The topological polar surface area (TPSA) is 75.3 Å². The Morgan fingerprint density at radius 2 is 1.80 bits per heavy atom. The van der Waals surface area contributed by atoms with Crippen LogP contribution in [0.5, 0.6) is 0 Å². The number of hydrogen-bond donors (Lipinski definition) is 2. The molecule has 0 aliphatic heterocycles. The van der Waals surface area contributed by atoms with Crippen molar-refractivity contribution in [2.24, 2.45) is 0 Å². The summed E-state index contributed by atoms with van der Waals surface area (Å²) in [5.74, 6) is -0.267. The molecular weight excluding hydrogens is 336 g/mol. The van der Waals surface area contributed by atoms with Gasteiger partial charge in [0, 0.05) is 17.8 Å². The first-order valence-electron chi connectivity index (χ1n) is 8.32. The van der Waals surface area contributed by atoms with Crippen molar-refractivity contribution in [3.8, 4) is 0 Å². The van der Waals surface area contributed by atoms with E-state index in [1.807, 2.05) is 26.8 Å². The van der Waals surface area contributed by atoms with Crippen molar-refractivity contribution < 1.29 is 13.2 Å². The molecule has 0 heterocycles. The van der Waals surface area contributed by atoms with Gasteiger partial charge in [0.25, 0.3) is 15.9 Å². The van der Waals surface area contributed by atoms with E-state index in [-0.39, 0.29) is 10.8 Å². The second kappa shape index (κ2) is 8.16. The Morgan fingerprint density at radius 1 is 1.04 bits per heavy atom. The van der Waals surface area contributed by atoms with Gasteiger partial charge in [0.1, 0.15) is 0 Å². The largest absolute Gasteiger partial charge is 0.352 e. The van der Waals surface area contributed by atoms with E-state index in [0.29, 0.717) is 17.8 Å². The molecule has 0 radical (unpaired) electrons. The monoisotopic (exact) mass is 360 g/mol. The quantitative estimate of drug-likeness (QED) is 0.740. The highest BCUT2D eigenvalue weighted by molar-refractivity contribution is 7.92. The second-order valence-corrected chi connectivity index (χ2v) is 7.72. The van der Waals surface area contributed by atoms with Crippen molar-refractivity contribution in [1.82, 2.24) is 5.32 Å². The van der Waals surface area contributed by atoms with Crippen molar-refractivity contribution in [3.63, 3.8) is 0 Å². The molecule has 0 aromatic heterocycles. The average Bonchev–Trinajstić information content (AvgIpc) is 2.58. The van der Waals surface area contributed by atoms with Crippen molar-refractivity contribution >= 4 is 21.6 Å². The number of nitrogens with one attached hydrogen (secondary N) is 2. The van der Waals surface area contributed by atoms with Crippen molar-refractivity contribution in [2.45, 2.75) is 38.5 Å². The Kier molecular flexibility index (Phi) is 6.20. The molecule has 6 heteroatoms. The Balaban J connectivity index is 2.20. The predicted molar refractivity (Wildman–Crippen MR) is 100 cm³/mol. The zero-order valence-electron chi connectivity index (χ0n) is 14.8. The smallest absolute Gasteiger partial charge is 0.261 e. The number of benzene rings is 2. The Hall–Kier alpha value is -2.34. The summed E-state index contributed by atoms with van der Waals surface area (Å²) in [5, 5.41) is 2.79. The number of carbonyl (C=O) groups excluding carboxylic acids is 1. The minimum absolute atomic E-state index is 0.0638. The number of rotatable bonds is 7. The SMILES string of the molecule is CCCCNC(=O)c1cccc(S(=O)(=O)Nc2ccc(C)c(C)c2)c1. The standard InChI is InChI=1S/C19H24N2O3S/c1-4-5-11-20-19(22)16-7-6-8-18(13-16)25(23,24)21-17-10-9-14(2)15(3)12-17/h6-10,12-13,21H,4-5,11H2,1-3H3,(H,20,22). The normalized spacial score (nSPS) is 11.2. The lowest BCUT2D eigenvalue weighted by Gasteiger charge is -2.11. The maximum absolute atomic E-state index is 12.6. The molecule has 0 aliphatic rings. The van der Waals surface area contributed by atoms with Gasteiger partial charge < -0.3 is 5.32 Å². The van der Waals surface area contributed by atoms with Crippen LogP contribution in [0, 0.1) is 13.8 Å². The first-order chi connectivity index (χ1) is 11.8. The van der Waals surface area contributed by atoms with E-state index >= 15 is 0 Å². The lowest BCUT2D eigenvalue weighted by atomic mass is 10.1.